The second kappa shape index (κ2) is 6.36. The zero-order valence-electron chi connectivity index (χ0n) is 12.1. The maximum Gasteiger partial charge on any atom is 0.335 e. The Hall–Kier alpha value is -3.44. The second-order valence-corrected chi connectivity index (χ2v) is 5.66. The third kappa shape index (κ3) is 3.02. The van der Waals surface area contributed by atoms with Gasteiger partial charge in [0, 0.05) is 10.6 Å². The largest absolute Gasteiger partial charge is 0.478 e. The molecule has 118 valence electrons. The van der Waals surface area contributed by atoms with Gasteiger partial charge in [0.2, 0.25) is 5.95 Å². The van der Waals surface area contributed by atoms with Crippen LogP contribution in [0.15, 0.2) is 46.6 Å². The van der Waals surface area contributed by atoms with E-state index < -0.39 is 11.5 Å². The predicted octanol–water partition coefficient (Wildman–Crippen LogP) is 3.49. The van der Waals surface area contributed by atoms with Crippen molar-refractivity contribution in [3.63, 3.8) is 0 Å². The number of carbonyl (C=O) groups is 1. The minimum absolute atomic E-state index is 0.0812. The number of nitrogens with one attached hydrogen (secondary N) is 2. The molecule has 2 aromatic heterocycles. The highest BCUT2D eigenvalue weighted by molar-refractivity contribution is 7.13. The van der Waals surface area contributed by atoms with Gasteiger partial charge in [0.15, 0.2) is 0 Å². The normalized spacial score (nSPS) is 10.1. The fraction of sp³-hybridized carbons (Fsp3) is 0. The summed E-state index contributed by atoms with van der Waals surface area (Å²) >= 11 is 1.37. The van der Waals surface area contributed by atoms with Crippen molar-refractivity contribution in [3.8, 4) is 10.6 Å². The average Bonchev–Trinajstić information content (AvgIpc) is 3.09. The molecule has 0 saturated carbocycles. The fourth-order valence-corrected chi connectivity index (χ4v) is 2.80. The van der Waals surface area contributed by atoms with Gasteiger partial charge in [-0.05, 0) is 29.6 Å². The molecule has 3 aromatic rings. The number of hydrogen-bond acceptors (Lipinski definition) is 5. The molecule has 0 unspecified atom stereocenters. The number of benzene rings is 1. The van der Waals surface area contributed by atoms with Crippen molar-refractivity contribution in [2.75, 3.05) is 5.32 Å². The number of aromatic nitrogens is 2. The summed E-state index contributed by atoms with van der Waals surface area (Å²) in [6.07, 6.45) is 0. The summed E-state index contributed by atoms with van der Waals surface area (Å²) in [5.41, 5.74) is 0.229. The molecule has 1 aromatic carbocycles. The molecule has 2 heterocycles. The molecule has 0 radical (unpaired) electrons. The van der Waals surface area contributed by atoms with E-state index in [0.717, 1.165) is 0 Å². The molecule has 0 atom stereocenters. The topological polar surface area (TPSA) is 99.4 Å². The first-order valence-electron chi connectivity index (χ1n) is 6.74. The predicted molar refractivity (Wildman–Crippen MR) is 91.1 cm³/mol. The summed E-state index contributed by atoms with van der Waals surface area (Å²) in [4.78, 5) is 33.9. The van der Waals surface area contributed by atoms with E-state index in [2.05, 4.69) is 20.1 Å². The smallest absolute Gasteiger partial charge is 0.335 e. The van der Waals surface area contributed by atoms with Crippen LogP contribution in [-0.4, -0.2) is 21.0 Å². The van der Waals surface area contributed by atoms with Crippen LogP contribution in [0.4, 0.5) is 17.3 Å². The number of carboxylic acids is 1. The number of aromatic carboxylic acids is 1. The number of aromatic amines is 1. The Bertz CT molecular complexity index is 1000. The van der Waals surface area contributed by atoms with Crippen molar-refractivity contribution in [3.05, 3.63) is 69.1 Å². The van der Waals surface area contributed by atoms with E-state index in [-0.39, 0.29) is 17.2 Å². The Kier molecular flexibility index (Phi) is 4.09. The zero-order chi connectivity index (χ0) is 17.1. The number of thiophene rings is 1. The Morgan fingerprint density at radius 2 is 2.17 bits per heavy atom. The third-order valence-corrected chi connectivity index (χ3v) is 4.01. The van der Waals surface area contributed by atoms with Crippen LogP contribution in [0.2, 0.25) is 0 Å². The summed E-state index contributed by atoms with van der Waals surface area (Å²) in [7, 11) is 0. The lowest BCUT2D eigenvalue weighted by Gasteiger charge is -2.08. The quantitative estimate of drug-likeness (QED) is 0.632. The highest BCUT2D eigenvalue weighted by Crippen LogP contribution is 2.30. The first-order chi connectivity index (χ1) is 11.6. The van der Waals surface area contributed by atoms with Crippen molar-refractivity contribution in [1.82, 2.24) is 9.97 Å². The van der Waals surface area contributed by atoms with Crippen molar-refractivity contribution in [2.45, 2.75) is 0 Å². The van der Waals surface area contributed by atoms with Gasteiger partial charge in [0.25, 0.3) is 11.2 Å². The maximum atomic E-state index is 12.1. The van der Waals surface area contributed by atoms with Gasteiger partial charge in [0.05, 0.1) is 17.8 Å². The van der Waals surface area contributed by atoms with E-state index in [1.807, 2.05) is 5.38 Å². The van der Waals surface area contributed by atoms with Crippen LogP contribution in [-0.2, 0) is 0 Å². The molecular weight excluding hydrogens is 328 g/mol. The highest BCUT2D eigenvalue weighted by Gasteiger charge is 2.14. The molecule has 0 fully saturated rings. The summed E-state index contributed by atoms with van der Waals surface area (Å²) in [5, 5.41) is 13.7. The molecule has 0 amide bonds. The first kappa shape index (κ1) is 15.5. The van der Waals surface area contributed by atoms with Crippen LogP contribution in [0.1, 0.15) is 10.4 Å². The van der Waals surface area contributed by atoms with Crippen molar-refractivity contribution >= 4 is 34.6 Å². The number of hydrogen-bond donors (Lipinski definition) is 3. The Morgan fingerprint density at radius 1 is 1.33 bits per heavy atom. The van der Waals surface area contributed by atoms with Crippen molar-refractivity contribution in [2.24, 2.45) is 0 Å². The Morgan fingerprint density at radius 3 is 2.83 bits per heavy atom. The molecule has 0 bridgehead atoms. The number of rotatable bonds is 4. The highest BCUT2D eigenvalue weighted by atomic mass is 32.1. The van der Waals surface area contributed by atoms with Crippen LogP contribution >= 0.6 is 11.3 Å². The summed E-state index contributed by atoms with van der Waals surface area (Å²) in [5.74, 6) is -0.916. The molecule has 0 aliphatic heterocycles. The second-order valence-electron chi connectivity index (χ2n) is 4.71. The van der Waals surface area contributed by atoms with Gasteiger partial charge in [-0.2, -0.15) is 0 Å². The van der Waals surface area contributed by atoms with Crippen LogP contribution in [0.25, 0.3) is 15.4 Å². The van der Waals surface area contributed by atoms with Crippen LogP contribution < -0.4 is 10.9 Å². The lowest BCUT2D eigenvalue weighted by Crippen LogP contribution is -2.11. The molecular formula is C16H10N4O3S. The summed E-state index contributed by atoms with van der Waals surface area (Å²) in [6.45, 7) is 7.18. The lowest BCUT2D eigenvalue weighted by molar-refractivity contribution is 0.0697. The molecule has 8 heteroatoms. The third-order valence-electron chi connectivity index (χ3n) is 3.13. The number of anilines is 2. The van der Waals surface area contributed by atoms with Crippen LogP contribution in [0.3, 0.4) is 0 Å². The van der Waals surface area contributed by atoms with Gasteiger partial charge in [-0.3, -0.25) is 4.79 Å². The van der Waals surface area contributed by atoms with Gasteiger partial charge in [-0.1, -0.05) is 12.1 Å². The van der Waals surface area contributed by atoms with Crippen molar-refractivity contribution in [1.29, 1.82) is 0 Å². The van der Waals surface area contributed by atoms with Crippen LogP contribution in [0.5, 0.6) is 0 Å². The average molecular weight is 338 g/mol. The van der Waals surface area contributed by atoms with E-state index in [4.69, 9.17) is 11.7 Å². The minimum atomic E-state index is -1.05. The molecule has 3 N–H and O–H groups in total. The lowest BCUT2D eigenvalue weighted by atomic mass is 10.2. The van der Waals surface area contributed by atoms with Gasteiger partial charge in [0.1, 0.15) is 0 Å². The summed E-state index contributed by atoms with van der Waals surface area (Å²) in [6, 6.07) is 9.70. The van der Waals surface area contributed by atoms with Crippen molar-refractivity contribution < 1.29 is 9.90 Å². The first-order valence-corrected chi connectivity index (χ1v) is 7.62. The van der Waals surface area contributed by atoms with Gasteiger partial charge >= 0.3 is 5.97 Å². The molecule has 3 rings (SSSR count). The van der Waals surface area contributed by atoms with Gasteiger partial charge in [-0.25, -0.2) is 14.6 Å². The molecule has 0 saturated heterocycles. The molecule has 0 spiro atoms. The van der Waals surface area contributed by atoms with E-state index in [9.17, 15) is 9.59 Å². The molecule has 24 heavy (non-hydrogen) atoms. The standard InChI is InChI=1S/C16H10N4O3S/c1-17-13-12(11-6-3-7-24-11)19-16(20-14(13)21)18-10-5-2-4-9(8-10)15(22)23/h2-8H,(H,22,23)(H2,18,19,20,21). The van der Waals surface area contributed by atoms with Gasteiger partial charge in [-0.15, -0.1) is 11.3 Å². The molecule has 0 aliphatic rings. The van der Waals surface area contributed by atoms with E-state index in [1.165, 1.54) is 23.5 Å². The Balaban J connectivity index is 2.04. The number of H-pyrrole nitrogens is 1. The molecule has 7 nitrogen and oxygen atoms in total. The minimum Gasteiger partial charge on any atom is -0.478 e. The number of carboxylic acid groups (broad SMARTS) is 1. The fourth-order valence-electron chi connectivity index (χ4n) is 2.08. The monoisotopic (exact) mass is 338 g/mol. The SMILES string of the molecule is [C-]#[N+]c1c(-c2cccs2)nc(Nc2cccc(C(=O)O)c2)[nH]c1=O. The summed E-state index contributed by atoms with van der Waals surface area (Å²) < 4.78 is 0. The molecule has 0 aliphatic carbocycles. The van der Waals surface area contributed by atoms with Gasteiger partial charge < -0.3 is 15.4 Å². The zero-order valence-corrected chi connectivity index (χ0v) is 12.9. The van der Waals surface area contributed by atoms with E-state index >= 15 is 0 Å². The maximum absolute atomic E-state index is 12.1. The Labute approximate surface area is 140 Å². The van der Waals surface area contributed by atoms with Crippen LogP contribution in [0, 0.1) is 6.57 Å². The van der Waals surface area contributed by atoms with E-state index in [0.29, 0.717) is 16.3 Å². The van der Waals surface area contributed by atoms with E-state index in [1.54, 1.807) is 24.3 Å². The number of nitrogens with zero attached hydrogens (tertiary/aromatic N) is 2.